The fourth-order valence-corrected chi connectivity index (χ4v) is 2.44. The molecule has 26 heavy (non-hydrogen) atoms. The first-order valence-corrected chi connectivity index (χ1v) is 8.69. The third-order valence-corrected chi connectivity index (χ3v) is 3.58. The summed E-state index contributed by atoms with van der Waals surface area (Å²) in [5.41, 5.74) is 1.86. The van der Waals surface area contributed by atoms with Gasteiger partial charge in [-0.1, -0.05) is 35.9 Å². The number of benzene rings is 2. The van der Waals surface area contributed by atoms with Crippen molar-refractivity contribution >= 4 is 29.3 Å². The van der Waals surface area contributed by atoms with Crippen molar-refractivity contribution in [1.29, 1.82) is 0 Å². The fraction of sp³-hybridized carbons (Fsp3) is 0.300. The molecular formula is C20H23ClN2O3. The zero-order valence-corrected chi connectivity index (χ0v) is 15.9. The third kappa shape index (κ3) is 7.15. The lowest BCUT2D eigenvalue weighted by atomic mass is 10.1. The number of hydrogen-bond acceptors (Lipinski definition) is 3. The predicted molar refractivity (Wildman–Crippen MR) is 103 cm³/mol. The van der Waals surface area contributed by atoms with Gasteiger partial charge < -0.3 is 10.1 Å². The van der Waals surface area contributed by atoms with Crippen molar-refractivity contribution in [3.8, 4) is 0 Å². The van der Waals surface area contributed by atoms with E-state index in [0.29, 0.717) is 17.3 Å². The molecule has 0 bridgehead atoms. The summed E-state index contributed by atoms with van der Waals surface area (Å²) in [5, 5.41) is 6.16. The maximum atomic E-state index is 12.1. The molecule has 0 radical (unpaired) electrons. The van der Waals surface area contributed by atoms with E-state index in [2.05, 4.69) is 10.6 Å². The van der Waals surface area contributed by atoms with E-state index in [4.69, 9.17) is 16.3 Å². The van der Waals surface area contributed by atoms with E-state index in [1.807, 2.05) is 18.2 Å². The lowest BCUT2D eigenvalue weighted by Crippen LogP contribution is -2.27. The standard InChI is InChI=1S/C20H23ClN2O3/c1-20(2,3)26-19(25)23-17-9-7-14(8-10-17)12-18(24)22-13-15-5-4-6-16(21)11-15/h4-11H,12-13H2,1-3H3,(H,22,24)(H,23,25). The Morgan fingerprint density at radius 3 is 2.35 bits per heavy atom. The van der Waals surface area contributed by atoms with Gasteiger partial charge in [-0.3, -0.25) is 10.1 Å². The van der Waals surface area contributed by atoms with Crippen molar-refractivity contribution in [3.63, 3.8) is 0 Å². The molecule has 0 fully saturated rings. The molecule has 2 aromatic carbocycles. The number of ether oxygens (including phenoxy) is 1. The molecule has 0 aliphatic rings. The van der Waals surface area contributed by atoms with Crippen LogP contribution in [0.15, 0.2) is 48.5 Å². The van der Waals surface area contributed by atoms with Crippen LogP contribution in [0.2, 0.25) is 5.02 Å². The SMILES string of the molecule is CC(C)(C)OC(=O)Nc1ccc(CC(=O)NCc2cccc(Cl)c2)cc1. The fourth-order valence-electron chi connectivity index (χ4n) is 2.22. The first kappa shape index (κ1) is 19.8. The van der Waals surface area contributed by atoms with Gasteiger partial charge in [0.15, 0.2) is 0 Å². The van der Waals surface area contributed by atoms with E-state index in [1.54, 1.807) is 51.1 Å². The number of nitrogens with one attached hydrogen (secondary N) is 2. The quantitative estimate of drug-likeness (QED) is 0.806. The van der Waals surface area contributed by atoms with Gasteiger partial charge in [0.1, 0.15) is 5.60 Å². The molecule has 2 N–H and O–H groups in total. The molecule has 2 rings (SSSR count). The molecule has 0 saturated heterocycles. The van der Waals surface area contributed by atoms with Gasteiger partial charge in [0.2, 0.25) is 5.91 Å². The van der Waals surface area contributed by atoms with Crippen molar-refractivity contribution in [2.24, 2.45) is 0 Å². The van der Waals surface area contributed by atoms with Crippen LogP contribution in [0.5, 0.6) is 0 Å². The van der Waals surface area contributed by atoms with Crippen LogP contribution in [0, 0.1) is 0 Å². The monoisotopic (exact) mass is 374 g/mol. The Balaban J connectivity index is 1.82. The number of carbonyl (C=O) groups excluding carboxylic acids is 2. The molecule has 0 unspecified atom stereocenters. The smallest absolute Gasteiger partial charge is 0.412 e. The van der Waals surface area contributed by atoms with Crippen molar-refractivity contribution in [2.45, 2.75) is 39.3 Å². The second-order valence-electron chi connectivity index (χ2n) is 6.91. The third-order valence-electron chi connectivity index (χ3n) is 3.34. The molecule has 2 aromatic rings. The highest BCUT2D eigenvalue weighted by atomic mass is 35.5. The van der Waals surface area contributed by atoms with Crippen molar-refractivity contribution < 1.29 is 14.3 Å². The van der Waals surface area contributed by atoms with Crippen LogP contribution in [0.4, 0.5) is 10.5 Å². The van der Waals surface area contributed by atoms with Gasteiger partial charge in [-0.2, -0.15) is 0 Å². The van der Waals surface area contributed by atoms with Crippen LogP contribution in [-0.4, -0.2) is 17.6 Å². The lowest BCUT2D eigenvalue weighted by Gasteiger charge is -2.19. The summed E-state index contributed by atoms with van der Waals surface area (Å²) in [4.78, 5) is 23.8. The topological polar surface area (TPSA) is 67.4 Å². The highest BCUT2D eigenvalue weighted by Crippen LogP contribution is 2.14. The predicted octanol–water partition coefficient (Wildman–Crippen LogP) is 4.55. The van der Waals surface area contributed by atoms with E-state index in [0.717, 1.165) is 11.1 Å². The summed E-state index contributed by atoms with van der Waals surface area (Å²) in [5.74, 6) is -0.0853. The first-order valence-electron chi connectivity index (χ1n) is 8.31. The molecule has 0 saturated carbocycles. The lowest BCUT2D eigenvalue weighted by molar-refractivity contribution is -0.120. The van der Waals surface area contributed by atoms with Gasteiger partial charge >= 0.3 is 6.09 Å². The minimum Gasteiger partial charge on any atom is -0.444 e. The van der Waals surface area contributed by atoms with Crippen LogP contribution in [0.25, 0.3) is 0 Å². The molecular weight excluding hydrogens is 352 g/mol. The highest BCUT2D eigenvalue weighted by molar-refractivity contribution is 6.30. The summed E-state index contributed by atoms with van der Waals surface area (Å²) in [6.45, 7) is 5.84. The summed E-state index contributed by atoms with van der Waals surface area (Å²) >= 11 is 5.92. The van der Waals surface area contributed by atoms with Crippen molar-refractivity contribution in [1.82, 2.24) is 5.32 Å². The molecule has 6 heteroatoms. The van der Waals surface area contributed by atoms with Gasteiger partial charge in [0.05, 0.1) is 6.42 Å². The van der Waals surface area contributed by atoms with E-state index < -0.39 is 11.7 Å². The van der Waals surface area contributed by atoms with Crippen LogP contribution >= 0.6 is 11.6 Å². The summed E-state index contributed by atoms with van der Waals surface area (Å²) in [6.07, 6.45) is -0.252. The maximum Gasteiger partial charge on any atom is 0.412 e. The Morgan fingerprint density at radius 2 is 1.73 bits per heavy atom. The molecule has 0 aromatic heterocycles. The van der Waals surface area contributed by atoms with Gasteiger partial charge in [-0.15, -0.1) is 0 Å². The molecule has 0 atom stereocenters. The number of rotatable bonds is 5. The average Bonchev–Trinajstić information content (AvgIpc) is 2.53. The Bertz CT molecular complexity index is 767. The van der Waals surface area contributed by atoms with Crippen LogP contribution < -0.4 is 10.6 Å². The first-order chi connectivity index (χ1) is 12.2. The van der Waals surface area contributed by atoms with E-state index in [-0.39, 0.29) is 12.3 Å². The maximum absolute atomic E-state index is 12.1. The Morgan fingerprint density at radius 1 is 1.04 bits per heavy atom. The van der Waals surface area contributed by atoms with Gasteiger partial charge in [0, 0.05) is 17.3 Å². The van der Waals surface area contributed by atoms with E-state index >= 15 is 0 Å². The largest absolute Gasteiger partial charge is 0.444 e. The normalized spacial score (nSPS) is 10.9. The van der Waals surface area contributed by atoms with Gasteiger partial charge in [-0.25, -0.2) is 4.79 Å². The number of amides is 2. The van der Waals surface area contributed by atoms with Crippen LogP contribution in [0.1, 0.15) is 31.9 Å². The molecule has 0 aliphatic carbocycles. The van der Waals surface area contributed by atoms with Crippen LogP contribution in [0.3, 0.4) is 0 Å². The van der Waals surface area contributed by atoms with Crippen LogP contribution in [-0.2, 0) is 22.5 Å². The average molecular weight is 375 g/mol. The zero-order valence-electron chi connectivity index (χ0n) is 15.1. The highest BCUT2D eigenvalue weighted by Gasteiger charge is 2.16. The van der Waals surface area contributed by atoms with Crippen molar-refractivity contribution in [2.75, 3.05) is 5.32 Å². The summed E-state index contributed by atoms with van der Waals surface area (Å²) in [6, 6.07) is 14.4. The molecule has 0 spiro atoms. The number of halogens is 1. The molecule has 138 valence electrons. The number of anilines is 1. The molecule has 0 aliphatic heterocycles. The Labute approximate surface area is 158 Å². The molecule has 2 amide bonds. The minimum absolute atomic E-state index is 0.0853. The second-order valence-corrected chi connectivity index (χ2v) is 7.34. The minimum atomic E-state index is -0.551. The summed E-state index contributed by atoms with van der Waals surface area (Å²) < 4.78 is 5.20. The van der Waals surface area contributed by atoms with Gasteiger partial charge in [0.25, 0.3) is 0 Å². The van der Waals surface area contributed by atoms with E-state index in [9.17, 15) is 9.59 Å². The summed E-state index contributed by atoms with van der Waals surface area (Å²) in [7, 11) is 0. The Hall–Kier alpha value is -2.53. The van der Waals surface area contributed by atoms with Crippen molar-refractivity contribution in [3.05, 3.63) is 64.7 Å². The van der Waals surface area contributed by atoms with Gasteiger partial charge in [-0.05, 0) is 56.2 Å². The Kier molecular flexibility index (Phi) is 6.64. The number of hydrogen-bond donors (Lipinski definition) is 2. The molecule has 0 heterocycles. The molecule has 5 nitrogen and oxygen atoms in total. The zero-order chi connectivity index (χ0) is 19.2. The number of carbonyl (C=O) groups is 2. The second kappa shape index (κ2) is 8.72. The van der Waals surface area contributed by atoms with E-state index in [1.165, 1.54) is 0 Å².